The van der Waals surface area contributed by atoms with Crippen LogP contribution in [0.15, 0.2) is 84.9 Å². The summed E-state index contributed by atoms with van der Waals surface area (Å²) in [4.78, 5) is 0. The van der Waals surface area contributed by atoms with Gasteiger partial charge in [0.05, 0.1) is 10.8 Å². The van der Waals surface area contributed by atoms with E-state index in [1.165, 1.54) is 45.1 Å². The van der Waals surface area contributed by atoms with Crippen LogP contribution in [0.2, 0.25) is 0 Å². The van der Waals surface area contributed by atoms with Crippen LogP contribution < -0.4 is 0 Å². The number of nitrogens with zero attached hydrogens (tertiary/aromatic N) is 2. The maximum Gasteiger partial charge on any atom is 0.209 e. The summed E-state index contributed by atoms with van der Waals surface area (Å²) < 4.78 is 4.63. The van der Waals surface area contributed by atoms with Gasteiger partial charge < -0.3 is 0 Å². The molecular formula is C32H34N2+2. The SMILES string of the molecule is C[N+]1=C(/C=C/c2ccc(/C=C/C3=[N+](C)c4ccccc4C3(C)C)cc2)C(C)(C)c2ccccc21. The first-order valence-corrected chi connectivity index (χ1v) is 12.1. The Balaban J connectivity index is 1.36. The number of allylic oxidation sites excluding steroid dienone is 2. The van der Waals surface area contributed by atoms with Crippen molar-refractivity contribution in [1.82, 2.24) is 0 Å². The van der Waals surface area contributed by atoms with Gasteiger partial charge in [-0.2, -0.15) is 9.15 Å². The average molecular weight is 447 g/mol. The number of hydrogen-bond acceptors (Lipinski definition) is 0. The second-order valence-electron chi connectivity index (χ2n) is 10.5. The molecule has 3 aromatic rings. The van der Waals surface area contributed by atoms with Gasteiger partial charge in [-0.3, -0.25) is 0 Å². The normalized spacial score (nSPS) is 18.3. The zero-order chi connectivity index (χ0) is 24.1. The van der Waals surface area contributed by atoms with Crippen molar-refractivity contribution in [3.63, 3.8) is 0 Å². The van der Waals surface area contributed by atoms with Gasteiger partial charge in [-0.25, -0.2) is 0 Å². The van der Waals surface area contributed by atoms with Crippen LogP contribution in [0, 0.1) is 0 Å². The Morgan fingerprint density at radius 1 is 0.500 bits per heavy atom. The molecule has 0 fully saturated rings. The molecule has 34 heavy (non-hydrogen) atoms. The third-order valence-electron chi connectivity index (χ3n) is 7.68. The summed E-state index contributed by atoms with van der Waals surface area (Å²) in [6.07, 6.45) is 9.00. The molecule has 0 aliphatic carbocycles. The highest BCUT2D eigenvalue weighted by Crippen LogP contribution is 2.40. The molecule has 0 saturated heterocycles. The highest BCUT2D eigenvalue weighted by Gasteiger charge is 2.43. The highest BCUT2D eigenvalue weighted by atomic mass is 15.0. The fourth-order valence-corrected chi connectivity index (χ4v) is 5.67. The van der Waals surface area contributed by atoms with E-state index in [1.54, 1.807) is 0 Å². The smallest absolute Gasteiger partial charge is 0.198 e. The lowest BCUT2D eigenvalue weighted by Gasteiger charge is -2.15. The van der Waals surface area contributed by atoms with Crippen molar-refractivity contribution in [2.24, 2.45) is 0 Å². The van der Waals surface area contributed by atoms with Crippen LogP contribution in [0.4, 0.5) is 11.4 Å². The van der Waals surface area contributed by atoms with E-state index in [2.05, 4.69) is 148 Å². The number of benzene rings is 3. The van der Waals surface area contributed by atoms with Crippen LogP contribution >= 0.6 is 0 Å². The third kappa shape index (κ3) is 3.49. The molecule has 0 spiro atoms. The average Bonchev–Trinajstić information content (AvgIpc) is 3.15. The largest absolute Gasteiger partial charge is 0.209 e. The van der Waals surface area contributed by atoms with Gasteiger partial charge in [0.1, 0.15) is 14.1 Å². The Hall–Kier alpha value is -3.52. The van der Waals surface area contributed by atoms with Crippen molar-refractivity contribution in [2.75, 3.05) is 14.1 Å². The van der Waals surface area contributed by atoms with Gasteiger partial charge in [0.2, 0.25) is 11.4 Å². The topological polar surface area (TPSA) is 6.02 Å². The van der Waals surface area contributed by atoms with E-state index in [4.69, 9.17) is 0 Å². The molecule has 5 rings (SSSR count). The second-order valence-corrected chi connectivity index (χ2v) is 10.5. The van der Waals surface area contributed by atoms with E-state index in [-0.39, 0.29) is 10.8 Å². The van der Waals surface area contributed by atoms with E-state index < -0.39 is 0 Å². The van der Waals surface area contributed by atoms with Gasteiger partial charge in [-0.05, 0) is 51.0 Å². The summed E-state index contributed by atoms with van der Waals surface area (Å²) in [5.41, 5.74) is 10.4. The second kappa shape index (κ2) is 8.06. The van der Waals surface area contributed by atoms with Crippen LogP contribution in [-0.2, 0) is 10.8 Å². The first-order chi connectivity index (χ1) is 16.2. The Morgan fingerprint density at radius 3 is 1.21 bits per heavy atom. The molecule has 2 aliphatic rings. The zero-order valence-electron chi connectivity index (χ0n) is 21.1. The zero-order valence-corrected chi connectivity index (χ0v) is 21.1. The third-order valence-corrected chi connectivity index (χ3v) is 7.68. The summed E-state index contributed by atoms with van der Waals surface area (Å²) in [6, 6.07) is 26.2. The molecule has 0 unspecified atom stereocenters. The molecule has 0 saturated carbocycles. The van der Waals surface area contributed by atoms with Crippen LogP contribution in [0.25, 0.3) is 12.2 Å². The van der Waals surface area contributed by atoms with Crippen molar-refractivity contribution < 1.29 is 9.15 Å². The highest BCUT2D eigenvalue weighted by molar-refractivity contribution is 6.06. The lowest BCUT2D eigenvalue weighted by Crippen LogP contribution is -2.26. The van der Waals surface area contributed by atoms with Crippen molar-refractivity contribution in [1.29, 1.82) is 0 Å². The first kappa shape index (κ1) is 22.3. The monoisotopic (exact) mass is 446 g/mol. The van der Waals surface area contributed by atoms with Gasteiger partial charge in [-0.15, -0.1) is 0 Å². The quantitative estimate of drug-likeness (QED) is 0.376. The Kier molecular flexibility index (Phi) is 5.28. The van der Waals surface area contributed by atoms with Gasteiger partial charge in [0.15, 0.2) is 11.4 Å². The summed E-state index contributed by atoms with van der Waals surface area (Å²) in [5, 5.41) is 0. The fraction of sp³-hybridized carbons (Fsp3) is 0.250. The summed E-state index contributed by atoms with van der Waals surface area (Å²) in [7, 11) is 4.33. The maximum atomic E-state index is 2.32. The molecule has 170 valence electrons. The van der Waals surface area contributed by atoms with Gasteiger partial charge in [-0.1, -0.05) is 60.7 Å². The molecule has 3 aromatic carbocycles. The van der Waals surface area contributed by atoms with Crippen LogP contribution in [0.3, 0.4) is 0 Å². The first-order valence-electron chi connectivity index (χ1n) is 12.1. The fourth-order valence-electron chi connectivity index (χ4n) is 5.67. The van der Waals surface area contributed by atoms with Crippen LogP contribution in [0.1, 0.15) is 49.9 Å². The van der Waals surface area contributed by atoms with Crippen LogP contribution in [-0.4, -0.2) is 34.7 Å². The Bertz CT molecular complexity index is 1280. The lowest BCUT2D eigenvalue weighted by molar-refractivity contribution is -0.401. The molecule has 0 atom stereocenters. The number of fused-ring (bicyclic) bond motifs is 2. The number of para-hydroxylation sites is 2. The minimum Gasteiger partial charge on any atom is -0.198 e. The Morgan fingerprint density at radius 2 is 0.853 bits per heavy atom. The standard InChI is InChI=1S/C32H34N2/c1-31(2)25-11-7-9-13-27(25)33(5)29(31)21-19-23-15-17-24(18-16-23)20-22-30-32(3,4)26-12-8-10-14-28(26)34(30)6/h7-22H,1-6H3/q+2/b21-19+,22-20+. The van der Waals surface area contributed by atoms with Gasteiger partial charge >= 0.3 is 0 Å². The minimum atomic E-state index is -0.000561. The summed E-state index contributed by atoms with van der Waals surface area (Å²) in [5.74, 6) is 0. The number of hydrogen-bond donors (Lipinski definition) is 0. The predicted molar refractivity (Wildman–Crippen MR) is 145 cm³/mol. The molecular weight excluding hydrogens is 412 g/mol. The van der Waals surface area contributed by atoms with E-state index in [1.807, 2.05) is 0 Å². The van der Waals surface area contributed by atoms with E-state index in [0.717, 1.165) is 0 Å². The van der Waals surface area contributed by atoms with Crippen LogP contribution in [0.5, 0.6) is 0 Å². The van der Waals surface area contributed by atoms with Crippen molar-refractivity contribution in [3.8, 4) is 0 Å². The summed E-state index contributed by atoms with van der Waals surface area (Å²) >= 11 is 0. The lowest BCUT2D eigenvalue weighted by atomic mass is 9.81. The molecule has 2 heteroatoms. The van der Waals surface area contributed by atoms with E-state index in [0.29, 0.717) is 0 Å². The van der Waals surface area contributed by atoms with Gasteiger partial charge in [0.25, 0.3) is 0 Å². The molecule has 0 radical (unpaired) electrons. The molecule has 2 aliphatic heterocycles. The molecule has 0 bridgehead atoms. The van der Waals surface area contributed by atoms with Gasteiger partial charge in [0, 0.05) is 35.4 Å². The molecule has 2 heterocycles. The molecule has 0 amide bonds. The van der Waals surface area contributed by atoms with E-state index in [9.17, 15) is 0 Å². The summed E-state index contributed by atoms with van der Waals surface area (Å²) in [6.45, 7) is 9.22. The van der Waals surface area contributed by atoms with Crippen molar-refractivity contribution in [3.05, 3.63) is 107 Å². The van der Waals surface area contributed by atoms with Crippen molar-refractivity contribution in [2.45, 2.75) is 38.5 Å². The Labute approximate surface area is 203 Å². The molecule has 0 aromatic heterocycles. The maximum absolute atomic E-state index is 2.32. The molecule has 0 N–H and O–H groups in total. The van der Waals surface area contributed by atoms with Crippen molar-refractivity contribution >= 4 is 35.0 Å². The minimum absolute atomic E-state index is 0.000561. The predicted octanol–water partition coefficient (Wildman–Crippen LogP) is 7.13. The van der Waals surface area contributed by atoms with E-state index >= 15 is 0 Å². The number of rotatable bonds is 4. The molecule has 2 nitrogen and oxygen atoms in total.